The number of hydrogen-bond acceptors (Lipinski definition) is 8. The second-order valence-corrected chi connectivity index (χ2v) is 17.8. The summed E-state index contributed by atoms with van der Waals surface area (Å²) in [6.45, 7) is 6.30. The van der Waals surface area contributed by atoms with Gasteiger partial charge in [0.15, 0.2) is 11.9 Å². The molecule has 0 saturated heterocycles. The molecule has 8 nitrogen and oxygen atoms in total. The highest BCUT2D eigenvalue weighted by molar-refractivity contribution is 5.82. The molecular weight excluding hydrogens is 837 g/mol. The molecule has 1 atom stereocenters. The first-order valence-corrected chi connectivity index (χ1v) is 27.1. The third kappa shape index (κ3) is 49.8. The monoisotopic (exact) mass is 935 g/mol. The lowest BCUT2D eigenvalue weighted by molar-refractivity contribution is -0.198. The number of allylic oxidation sites excluding steroid dienone is 14. The van der Waals surface area contributed by atoms with Crippen molar-refractivity contribution < 1.29 is 38.7 Å². The predicted molar refractivity (Wildman–Crippen MR) is 282 cm³/mol. The number of esters is 3. The smallest absolute Gasteiger partial charge is 0.331 e. The van der Waals surface area contributed by atoms with Crippen LogP contribution >= 0.6 is 0 Å². The Bertz CT molecular complexity index is 1380. The zero-order valence-electron chi connectivity index (χ0n) is 43.0. The number of hydrogen-bond donors (Lipinski definition) is 1. The van der Waals surface area contributed by atoms with E-state index in [9.17, 15) is 19.6 Å². The number of carbonyl (C=O) groups excluding carboxylic acids is 3. The van der Waals surface area contributed by atoms with Crippen LogP contribution in [0.2, 0.25) is 0 Å². The second-order valence-electron chi connectivity index (χ2n) is 17.8. The van der Waals surface area contributed by atoms with Gasteiger partial charge in [-0.1, -0.05) is 216 Å². The summed E-state index contributed by atoms with van der Waals surface area (Å²) in [6.07, 6.45) is 65.7. The molecule has 382 valence electrons. The van der Waals surface area contributed by atoms with Crippen LogP contribution in [-0.2, 0) is 33.5 Å². The molecule has 0 aromatic carbocycles. The van der Waals surface area contributed by atoms with Crippen LogP contribution < -0.4 is 0 Å². The van der Waals surface area contributed by atoms with Gasteiger partial charge >= 0.3 is 17.9 Å². The van der Waals surface area contributed by atoms with Gasteiger partial charge in [-0.15, -0.1) is 0 Å². The van der Waals surface area contributed by atoms with E-state index in [-0.39, 0.29) is 43.8 Å². The van der Waals surface area contributed by atoms with Crippen LogP contribution in [0.5, 0.6) is 0 Å². The van der Waals surface area contributed by atoms with Crippen LogP contribution in [0.3, 0.4) is 0 Å². The maximum atomic E-state index is 12.8. The van der Waals surface area contributed by atoms with E-state index >= 15 is 0 Å². The molecule has 0 fully saturated rings. The molecule has 0 aliphatic rings. The average molecular weight is 935 g/mol. The van der Waals surface area contributed by atoms with Crippen LogP contribution in [0.25, 0.3) is 0 Å². The SMILES string of the molecule is CCCCC/C=C\C/C=C\CCCCCCCC(=O)OCC(COC(=O)CCCCCCC/C=C\CCCCCCCC)OC(=O)C=CC=CC(=CC=CC=CCCCCCCCCC)OO. The summed E-state index contributed by atoms with van der Waals surface area (Å²) in [7, 11) is 0. The molecule has 67 heavy (non-hydrogen) atoms. The minimum Gasteiger partial charge on any atom is -0.462 e. The van der Waals surface area contributed by atoms with Gasteiger partial charge < -0.3 is 19.1 Å². The Labute approximate surface area is 410 Å². The summed E-state index contributed by atoms with van der Waals surface area (Å²) in [4.78, 5) is 42.4. The number of rotatable bonds is 48. The topological polar surface area (TPSA) is 108 Å². The molecule has 8 heteroatoms. The van der Waals surface area contributed by atoms with E-state index in [1.54, 1.807) is 12.2 Å². The highest BCUT2D eigenvalue weighted by Crippen LogP contribution is 2.13. The van der Waals surface area contributed by atoms with Gasteiger partial charge in [0, 0.05) is 18.9 Å². The zero-order chi connectivity index (χ0) is 48.8. The Balaban J connectivity index is 4.80. The Morgan fingerprint density at radius 2 is 0.806 bits per heavy atom. The molecular formula is C59H98O8. The van der Waals surface area contributed by atoms with Crippen molar-refractivity contribution in [2.45, 2.75) is 245 Å². The van der Waals surface area contributed by atoms with E-state index in [2.05, 4.69) is 68.2 Å². The maximum Gasteiger partial charge on any atom is 0.331 e. The highest BCUT2D eigenvalue weighted by atomic mass is 17.1. The van der Waals surface area contributed by atoms with Gasteiger partial charge in [0.1, 0.15) is 13.2 Å². The third-order valence-corrected chi connectivity index (χ3v) is 11.4. The van der Waals surface area contributed by atoms with Crippen molar-refractivity contribution in [2.75, 3.05) is 13.2 Å². The van der Waals surface area contributed by atoms with Gasteiger partial charge in [0.25, 0.3) is 0 Å². The van der Waals surface area contributed by atoms with Crippen LogP contribution in [0.15, 0.2) is 96.9 Å². The summed E-state index contributed by atoms with van der Waals surface area (Å²) in [6, 6.07) is 0. The fourth-order valence-corrected chi connectivity index (χ4v) is 7.27. The van der Waals surface area contributed by atoms with Crippen molar-refractivity contribution in [1.82, 2.24) is 0 Å². The van der Waals surface area contributed by atoms with Gasteiger partial charge in [-0.2, -0.15) is 0 Å². The molecule has 0 spiro atoms. The molecule has 0 radical (unpaired) electrons. The first-order valence-electron chi connectivity index (χ1n) is 27.1. The van der Waals surface area contributed by atoms with Crippen LogP contribution in [-0.4, -0.2) is 42.5 Å². The van der Waals surface area contributed by atoms with Crippen molar-refractivity contribution >= 4 is 17.9 Å². The predicted octanol–water partition coefficient (Wildman–Crippen LogP) is 17.6. The summed E-state index contributed by atoms with van der Waals surface area (Å²) < 4.78 is 16.5. The Kier molecular flexibility index (Phi) is 50.0. The van der Waals surface area contributed by atoms with Gasteiger partial charge in [0.05, 0.1) is 0 Å². The summed E-state index contributed by atoms with van der Waals surface area (Å²) in [5, 5.41) is 9.29. The molecule has 0 aliphatic carbocycles. The molecule has 1 N–H and O–H groups in total. The van der Waals surface area contributed by atoms with E-state index in [1.807, 2.05) is 12.2 Å². The number of ether oxygens (including phenoxy) is 3. The first-order chi connectivity index (χ1) is 33.0. The van der Waals surface area contributed by atoms with Gasteiger partial charge in [-0.25, -0.2) is 10.1 Å². The lowest BCUT2D eigenvalue weighted by Gasteiger charge is -2.17. The molecule has 0 bridgehead atoms. The van der Waals surface area contributed by atoms with E-state index in [1.165, 1.54) is 140 Å². The molecule has 1 unspecified atom stereocenters. The zero-order valence-corrected chi connectivity index (χ0v) is 43.0. The fraction of sp³-hybridized carbons (Fsp3) is 0.678. The van der Waals surface area contributed by atoms with Crippen molar-refractivity contribution in [3.63, 3.8) is 0 Å². The Morgan fingerprint density at radius 3 is 1.28 bits per heavy atom. The van der Waals surface area contributed by atoms with Crippen molar-refractivity contribution in [1.29, 1.82) is 0 Å². The van der Waals surface area contributed by atoms with Crippen molar-refractivity contribution in [3.05, 3.63) is 96.9 Å². The summed E-state index contributed by atoms with van der Waals surface area (Å²) in [5.41, 5.74) is 0. The second kappa shape index (κ2) is 53.1. The van der Waals surface area contributed by atoms with E-state index in [0.717, 1.165) is 89.9 Å². The minimum absolute atomic E-state index is 0.182. The standard InChI is InChI=1S/C59H98O8/c1-4-7-10-13-16-19-22-25-27-29-32-35-38-41-44-50-57(60)64-53-56(54-65-58(61)51-45-42-39-36-33-30-28-26-23-20-17-14-11-8-5-2)66-59(62)52-47-46-49-55(67-63)48-43-40-37-34-31-24-21-18-15-12-9-6-3/h16,19,25-28,34,37,40,43,46-49,52,56,63H,4-15,17-18,20-24,29-33,35-36,38-39,41-42,44-45,50-51,53-54H2,1-3H3/b19-16-,27-25-,28-26-,37-34?,43-40?,49-46?,52-47?,55-48?. The molecule has 0 aromatic heterocycles. The van der Waals surface area contributed by atoms with Crippen LogP contribution in [0.4, 0.5) is 0 Å². The summed E-state index contributed by atoms with van der Waals surface area (Å²) in [5.74, 6) is -1.24. The lowest BCUT2D eigenvalue weighted by atomic mass is 10.1. The van der Waals surface area contributed by atoms with Gasteiger partial charge in [0.2, 0.25) is 0 Å². The van der Waals surface area contributed by atoms with E-state index < -0.39 is 12.1 Å². The molecule has 0 heterocycles. The normalized spacial score (nSPS) is 12.9. The quantitative estimate of drug-likeness (QED) is 0.00740. The van der Waals surface area contributed by atoms with E-state index in [0.29, 0.717) is 0 Å². The molecule has 0 aliphatic heterocycles. The van der Waals surface area contributed by atoms with Gasteiger partial charge in [-0.05, 0) is 95.6 Å². The average Bonchev–Trinajstić information content (AvgIpc) is 3.33. The van der Waals surface area contributed by atoms with Crippen molar-refractivity contribution in [3.8, 4) is 0 Å². The molecule has 0 aromatic rings. The van der Waals surface area contributed by atoms with Crippen LogP contribution in [0, 0.1) is 0 Å². The number of carbonyl (C=O) groups is 3. The molecule has 0 saturated carbocycles. The lowest BCUT2D eigenvalue weighted by Crippen LogP contribution is -2.30. The minimum atomic E-state index is -0.951. The van der Waals surface area contributed by atoms with Crippen LogP contribution in [0.1, 0.15) is 239 Å². The third-order valence-electron chi connectivity index (χ3n) is 11.4. The van der Waals surface area contributed by atoms with Crippen molar-refractivity contribution in [2.24, 2.45) is 0 Å². The molecule has 0 amide bonds. The largest absolute Gasteiger partial charge is 0.462 e. The Morgan fingerprint density at radius 1 is 0.418 bits per heavy atom. The van der Waals surface area contributed by atoms with Gasteiger partial charge in [-0.3, -0.25) is 9.59 Å². The number of unbranched alkanes of at least 4 members (excludes halogenated alkanes) is 26. The highest BCUT2D eigenvalue weighted by Gasteiger charge is 2.18. The first kappa shape index (κ1) is 63.1. The maximum absolute atomic E-state index is 12.8. The van der Waals surface area contributed by atoms with E-state index in [4.69, 9.17) is 14.2 Å². The summed E-state index contributed by atoms with van der Waals surface area (Å²) >= 11 is 0. The fourth-order valence-electron chi connectivity index (χ4n) is 7.27. The Hall–Kier alpha value is -3.91. The molecule has 0 rings (SSSR count).